The van der Waals surface area contributed by atoms with Gasteiger partial charge in [-0.25, -0.2) is 0 Å². The molecule has 0 amide bonds. The minimum Gasteiger partial charge on any atom is -0.382 e. The Balaban J connectivity index is 1.76. The maximum absolute atomic E-state index is 5.62. The molecule has 1 spiro atoms. The molecule has 4 nitrogen and oxygen atoms in total. The number of nitrogens with zero attached hydrogens (tertiary/aromatic N) is 1. The number of rotatable bonds is 6. The van der Waals surface area contributed by atoms with E-state index in [2.05, 4.69) is 10.2 Å². The molecule has 106 valence electrons. The van der Waals surface area contributed by atoms with E-state index in [1.165, 1.54) is 45.2 Å². The molecule has 1 N–H and O–H groups in total. The van der Waals surface area contributed by atoms with Crippen molar-refractivity contribution in [2.45, 2.75) is 37.6 Å². The number of piperazine rings is 1. The SMILES string of the molecule is COCCOCCN1CCNCC12CCCCC2. The maximum atomic E-state index is 5.62. The van der Waals surface area contributed by atoms with Gasteiger partial charge in [-0.15, -0.1) is 0 Å². The molecule has 4 heteroatoms. The maximum Gasteiger partial charge on any atom is 0.0700 e. The summed E-state index contributed by atoms with van der Waals surface area (Å²) in [5, 5.41) is 3.58. The normalized spacial score (nSPS) is 24.5. The van der Waals surface area contributed by atoms with Crippen molar-refractivity contribution >= 4 is 0 Å². The number of methoxy groups -OCH3 is 1. The number of ether oxygens (including phenoxy) is 2. The van der Waals surface area contributed by atoms with E-state index in [-0.39, 0.29) is 0 Å². The van der Waals surface area contributed by atoms with Crippen LogP contribution in [0.4, 0.5) is 0 Å². The summed E-state index contributed by atoms with van der Waals surface area (Å²) in [7, 11) is 1.72. The summed E-state index contributed by atoms with van der Waals surface area (Å²) >= 11 is 0. The van der Waals surface area contributed by atoms with Gasteiger partial charge in [0.15, 0.2) is 0 Å². The predicted molar refractivity (Wildman–Crippen MR) is 73.0 cm³/mol. The Kier molecular flexibility index (Phi) is 5.89. The van der Waals surface area contributed by atoms with Gasteiger partial charge in [0, 0.05) is 38.8 Å². The molecule has 0 bridgehead atoms. The van der Waals surface area contributed by atoms with Crippen LogP contribution in [0.1, 0.15) is 32.1 Å². The van der Waals surface area contributed by atoms with E-state index in [1.54, 1.807) is 7.11 Å². The van der Waals surface area contributed by atoms with Crippen molar-refractivity contribution in [3.05, 3.63) is 0 Å². The van der Waals surface area contributed by atoms with Gasteiger partial charge in [-0.2, -0.15) is 0 Å². The number of hydrogen-bond acceptors (Lipinski definition) is 4. The lowest BCUT2D eigenvalue weighted by Gasteiger charge is -2.50. The van der Waals surface area contributed by atoms with E-state index in [9.17, 15) is 0 Å². The van der Waals surface area contributed by atoms with Gasteiger partial charge in [0.2, 0.25) is 0 Å². The highest BCUT2D eigenvalue weighted by atomic mass is 16.5. The Hall–Kier alpha value is -0.160. The first-order valence-corrected chi connectivity index (χ1v) is 7.40. The van der Waals surface area contributed by atoms with Crippen molar-refractivity contribution in [1.82, 2.24) is 10.2 Å². The van der Waals surface area contributed by atoms with Crippen LogP contribution in [0.25, 0.3) is 0 Å². The van der Waals surface area contributed by atoms with Crippen molar-refractivity contribution in [3.8, 4) is 0 Å². The Morgan fingerprint density at radius 3 is 2.72 bits per heavy atom. The summed E-state index contributed by atoms with van der Waals surface area (Å²) in [4.78, 5) is 2.68. The first-order chi connectivity index (χ1) is 8.87. The second-order valence-electron chi connectivity index (χ2n) is 5.55. The van der Waals surface area contributed by atoms with Gasteiger partial charge in [0.05, 0.1) is 19.8 Å². The zero-order chi connectivity index (χ0) is 12.7. The summed E-state index contributed by atoms with van der Waals surface area (Å²) in [6.07, 6.45) is 6.92. The Labute approximate surface area is 111 Å². The quantitative estimate of drug-likeness (QED) is 0.725. The van der Waals surface area contributed by atoms with E-state index in [1.807, 2.05) is 0 Å². The highest BCUT2D eigenvalue weighted by Crippen LogP contribution is 2.34. The van der Waals surface area contributed by atoms with Gasteiger partial charge >= 0.3 is 0 Å². The lowest BCUT2D eigenvalue weighted by Crippen LogP contribution is -2.62. The van der Waals surface area contributed by atoms with Crippen LogP contribution in [0.2, 0.25) is 0 Å². The molecule has 0 aromatic rings. The summed E-state index contributed by atoms with van der Waals surface area (Å²) in [6, 6.07) is 0. The fourth-order valence-corrected chi connectivity index (χ4v) is 3.35. The molecule has 2 fully saturated rings. The molecule has 0 atom stereocenters. The zero-order valence-corrected chi connectivity index (χ0v) is 11.7. The zero-order valence-electron chi connectivity index (χ0n) is 11.7. The third-order valence-corrected chi connectivity index (χ3v) is 4.40. The first kappa shape index (κ1) is 14.3. The smallest absolute Gasteiger partial charge is 0.0700 e. The molecule has 1 heterocycles. The van der Waals surface area contributed by atoms with Crippen LogP contribution >= 0.6 is 0 Å². The average molecular weight is 256 g/mol. The molecule has 0 unspecified atom stereocenters. The molecule has 2 rings (SSSR count). The van der Waals surface area contributed by atoms with Crippen molar-refractivity contribution in [3.63, 3.8) is 0 Å². The summed E-state index contributed by atoms with van der Waals surface area (Å²) in [5.74, 6) is 0. The number of nitrogens with one attached hydrogen (secondary N) is 1. The Bertz CT molecular complexity index is 222. The molecule has 1 saturated heterocycles. The third-order valence-electron chi connectivity index (χ3n) is 4.40. The molecule has 18 heavy (non-hydrogen) atoms. The van der Waals surface area contributed by atoms with Crippen LogP contribution in [0, 0.1) is 0 Å². The second-order valence-corrected chi connectivity index (χ2v) is 5.55. The van der Waals surface area contributed by atoms with Gasteiger partial charge in [-0.05, 0) is 12.8 Å². The predicted octanol–water partition coefficient (Wildman–Crippen LogP) is 1.26. The van der Waals surface area contributed by atoms with Gasteiger partial charge in [0.25, 0.3) is 0 Å². The van der Waals surface area contributed by atoms with Crippen LogP contribution in [-0.4, -0.2) is 63.5 Å². The van der Waals surface area contributed by atoms with Crippen LogP contribution in [0.3, 0.4) is 0 Å². The lowest BCUT2D eigenvalue weighted by molar-refractivity contribution is -0.00494. The van der Waals surface area contributed by atoms with Crippen molar-refractivity contribution in [1.29, 1.82) is 0 Å². The third kappa shape index (κ3) is 3.67. The van der Waals surface area contributed by atoms with Crippen LogP contribution < -0.4 is 5.32 Å². The summed E-state index contributed by atoms with van der Waals surface area (Å²) < 4.78 is 10.6. The average Bonchev–Trinajstić information content (AvgIpc) is 2.42. The molecule has 2 aliphatic rings. The van der Waals surface area contributed by atoms with Crippen molar-refractivity contribution in [2.75, 3.05) is 53.1 Å². The second kappa shape index (κ2) is 7.43. The van der Waals surface area contributed by atoms with Crippen molar-refractivity contribution in [2.24, 2.45) is 0 Å². The first-order valence-electron chi connectivity index (χ1n) is 7.40. The molecule has 0 aromatic carbocycles. The monoisotopic (exact) mass is 256 g/mol. The van der Waals surface area contributed by atoms with Crippen molar-refractivity contribution < 1.29 is 9.47 Å². The summed E-state index contributed by atoms with van der Waals surface area (Å²) in [5.41, 5.74) is 0.432. The van der Waals surface area contributed by atoms with E-state index in [0.717, 1.165) is 26.3 Å². The molecular weight excluding hydrogens is 228 g/mol. The molecule has 1 saturated carbocycles. The Morgan fingerprint density at radius 1 is 1.11 bits per heavy atom. The van der Waals surface area contributed by atoms with Gasteiger partial charge in [-0.1, -0.05) is 19.3 Å². The van der Waals surface area contributed by atoms with E-state index in [4.69, 9.17) is 9.47 Å². The fraction of sp³-hybridized carbons (Fsp3) is 1.00. The van der Waals surface area contributed by atoms with E-state index >= 15 is 0 Å². The minimum atomic E-state index is 0.432. The molecule has 0 radical (unpaired) electrons. The van der Waals surface area contributed by atoms with E-state index < -0.39 is 0 Å². The lowest BCUT2D eigenvalue weighted by atomic mass is 9.79. The van der Waals surface area contributed by atoms with Gasteiger partial charge in [0.1, 0.15) is 0 Å². The molecule has 1 aliphatic heterocycles. The van der Waals surface area contributed by atoms with Gasteiger partial charge < -0.3 is 14.8 Å². The molecule has 0 aromatic heterocycles. The molecular formula is C14H28N2O2. The Morgan fingerprint density at radius 2 is 1.94 bits per heavy atom. The number of hydrogen-bond donors (Lipinski definition) is 1. The van der Waals surface area contributed by atoms with Crippen LogP contribution in [0.15, 0.2) is 0 Å². The van der Waals surface area contributed by atoms with Crippen LogP contribution in [-0.2, 0) is 9.47 Å². The highest BCUT2D eigenvalue weighted by molar-refractivity contribution is 4.97. The topological polar surface area (TPSA) is 33.7 Å². The standard InChI is InChI=1S/C14H28N2O2/c1-17-11-12-18-10-9-16-8-7-15-13-14(16)5-3-2-4-6-14/h15H,2-13H2,1H3. The van der Waals surface area contributed by atoms with Gasteiger partial charge in [-0.3, -0.25) is 4.90 Å². The largest absolute Gasteiger partial charge is 0.382 e. The van der Waals surface area contributed by atoms with E-state index in [0.29, 0.717) is 12.1 Å². The molecule has 1 aliphatic carbocycles. The fourth-order valence-electron chi connectivity index (χ4n) is 3.35. The highest BCUT2D eigenvalue weighted by Gasteiger charge is 2.39. The van der Waals surface area contributed by atoms with Crippen LogP contribution in [0.5, 0.6) is 0 Å². The minimum absolute atomic E-state index is 0.432. The summed E-state index contributed by atoms with van der Waals surface area (Å²) in [6.45, 7) is 6.80.